The molecule has 0 saturated carbocycles. The number of carbonyl (C=O) groups excluding carboxylic acids is 1. The highest BCUT2D eigenvalue weighted by Gasteiger charge is 2.42. The normalized spacial score (nSPS) is 17.2. The van der Waals surface area contributed by atoms with Crippen molar-refractivity contribution in [3.8, 4) is 17.9 Å². The Morgan fingerprint density at radius 2 is 2.07 bits per heavy atom. The molecule has 0 amide bonds. The number of rotatable bonds is 5. The van der Waals surface area contributed by atoms with E-state index in [4.69, 9.17) is 14.7 Å². The molecule has 1 aliphatic heterocycles. The monoisotopic (exact) mass is 404 g/mol. The lowest BCUT2D eigenvalue weighted by atomic mass is 9.75. The van der Waals surface area contributed by atoms with Gasteiger partial charge in [0.2, 0.25) is 0 Å². The molecule has 3 rings (SSSR count). The third kappa shape index (κ3) is 3.68. The van der Waals surface area contributed by atoms with E-state index in [0.29, 0.717) is 33.8 Å². The van der Waals surface area contributed by atoms with Crippen LogP contribution >= 0.6 is 0 Å². The average molecular weight is 404 g/mol. The first-order valence-corrected chi connectivity index (χ1v) is 9.31. The molecule has 0 aliphatic carbocycles. The van der Waals surface area contributed by atoms with Crippen LogP contribution in [0.4, 0.5) is 5.69 Å². The Bertz CT molecular complexity index is 1170. The maximum atomic E-state index is 13.0. The number of aryl methyl sites for hydroxylation is 1. The summed E-state index contributed by atoms with van der Waals surface area (Å²) in [6.07, 6.45) is 1.65. The summed E-state index contributed by atoms with van der Waals surface area (Å²) in [7, 11) is 1.46. The summed E-state index contributed by atoms with van der Waals surface area (Å²) in [5, 5.41) is 18.0. The Balaban J connectivity index is 2.25. The van der Waals surface area contributed by atoms with Gasteiger partial charge in [-0.15, -0.1) is 0 Å². The first kappa shape index (κ1) is 20.8. The van der Waals surface area contributed by atoms with Gasteiger partial charge in [0.1, 0.15) is 18.3 Å². The number of aliphatic imine (C=N–C) groups is 1. The van der Waals surface area contributed by atoms with Gasteiger partial charge in [0.15, 0.2) is 0 Å². The Hall–Kier alpha value is -3.91. The number of fused-ring (bicyclic) bond motifs is 1. The van der Waals surface area contributed by atoms with Crippen LogP contribution in [0.1, 0.15) is 41.5 Å². The maximum Gasteiger partial charge on any atom is 0.315 e. The van der Waals surface area contributed by atoms with Crippen LogP contribution in [-0.4, -0.2) is 30.4 Å². The number of H-pyrrole nitrogens is 1. The Labute approximate surface area is 173 Å². The number of aromatic nitrogens is 1. The molecule has 1 aliphatic rings. The number of nitrogens with zero attached hydrogens (tertiary/aromatic N) is 3. The summed E-state index contributed by atoms with van der Waals surface area (Å²) in [5.41, 5.74) is 2.71. The highest BCUT2D eigenvalue weighted by atomic mass is 16.5. The fraction of sp³-hybridized carbons (Fsp3) is 0.318. The zero-order valence-electron chi connectivity index (χ0n) is 16.9. The van der Waals surface area contributed by atoms with Gasteiger partial charge in [0.05, 0.1) is 42.5 Å². The maximum absolute atomic E-state index is 13.0. The number of aromatic amines is 1. The van der Waals surface area contributed by atoms with Crippen molar-refractivity contribution in [1.29, 1.82) is 10.5 Å². The molecule has 8 nitrogen and oxygen atoms in total. The van der Waals surface area contributed by atoms with Crippen molar-refractivity contribution in [1.82, 2.24) is 4.98 Å². The number of nitrogens with one attached hydrogen (secondary N) is 1. The van der Waals surface area contributed by atoms with E-state index in [1.54, 1.807) is 31.3 Å². The molecule has 1 aromatic carbocycles. The Kier molecular flexibility index (Phi) is 5.98. The molecule has 2 aromatic rings. The average Bonchev–Trinajstić information content (AvgIpc) is 2.75. The summed E-state index contributed by atoms with van der Waals surface area (Å²) < 4.78 is 10.8. The van der Waals surface area contributed by atoms with E-state index < -0.39 is 17.8 Å². The summed E-state index contributed by atoms with van der Waals surface area (Å²) >= 11 is 0. The van der Waals surface area contributed by atoms with Gasteiger partial charge in [0.25, 0.3) is 5.56 Å². The predicted octanol–water partition coefficient (Wildman–Crippen LogP) is 2.87. The van der Waals surface area contributed by atoms with Crippen molar-refractivity contribution < 1.29 is 14.3 Å². The van der Waals surface area contributed by atoms with Gasteiger partial charge in [-0.3, -0.25) is 14.6 Å². The number of pyridine rings is 1. The molecule has 1 aromatic heterocycles. The van der Waals surface area contributed by atoms with Gasteiger partial charge < -0.3 is 14.5 Å². The molecule has 0 bridgehead atoms. The van der Waals surface area contributed by atoms with Crippen LogP contribution in [0.15, 0.2) is 34.2 Å². The first-order chi connectivity index (χ1) is 14.4. The van der Waals surface area contributed by atoms with E-state index in [-0.39, 0.29) is 18.6 Å². The van der Waals surface area contributed by atoms with Crippen LogP contribution in [0.5, 0.6) is 5.75 Å². The van der Waals surface area contributed by atoms with Gasteiger partial charge in [0, 0.05) is 23.4 Å². The molecule has 0 radical (unpaired) electrons. The lowest BCUT2D eigenvalue weighted by Crippen LogP contribution is -2.37. The lowest BCUT2D eigenvalue weighted by Gasteiger charge is -2.31. The highest BCUT2D eigenvalue weighted by molar-refractivity contribution is 6.05. The van der Waals surface area contributed by atoms with E-state index in [2.05, 4.69) is 16.0 Å². The van der Waals surface area contributed by atoms with Gasteiger partial charge in [-0.1, -0.05) is 6.07 Å². The number of hydrogen-bond acceptors (Lipinski definition) is 7. The number of methoxy groups -OCH3 is 1. The van der Waals surface area contributed by atoms with Crippen LogP contribution in [0.3, 0.4) is 0 Å². The van der Waals surface area contributed by atoms with Gasteiger partial charge in [-0.25, -0.2) is 0 Å². The molecule has 2 unspecified atom stereocenters. The molecule has 0 fully saturated rings. The van der Waals surface area contributed by atoms with Crippen molar-refractivity contribution in [2.24, 2.45) is 10.9 Å². The SMILES string of the molecule is COc1cc(C#N)ccc1C1c2c(c(C)c[nH]c2=O)N=C(C)C1C(=O)OCCC#N. The van der Waals surface area contributed by atoms with E-state index in [1.807, 2.05) is 13.0 Å². The first-order valence-electron chi connectivity index (χ1n) is 9.31. The molecular formula is C22H20N4O4. The minimum absolute atomic E-state index is 0.0482. The van der Waals surface area contributed by atoms with Crippen LogP contribution in [0, 0.1) is 35.5 Å². The number of nitriles is 2. The van der Waals surface area contributed by atoms with Crippen molar-refractivity contribution in [2.75, 3.05) is 13.7 Å². The summed E-state index contributed by atoms with van der Waals surface area (Å²) in [5.74, 6) is -1.79. The zero-order chi connectivity index (χ0) is 21.8. The van der Waals surface area contributed by atoms with Crippen molar-refractivity contribution in [2.45, 2.75) is 26.2 Å². The van der Waals surface area contributed by atoms with Crippen LogP contribution < -0.4 is 10.3 Å². The molecular weight excluding hydrogens is 384 g/mol. The standard InChI is InChI=1S/C22H20N4O4/c1-12-11-25-21(27)19-18(15-6-5-14(10-24)9-16(15)29-3)17(13(2)26-20(12)19)22(28)30-8-4-7-23/h5-6,9,11,17-18H,4,8H2,1-3H3,(H,25,27). The fourth-order valence-corrected chi connectivity index (χ4v) is 3.70. The van der Waals surface area contributed by atoms with E-state index in [1.165, 1.54) is 7.11 Å². The topological polar surface area (TPSA) is 128 Å². The largest absolute Gasteiger partial charge is 0.496 e. The zero-order valence-corrected chi connectivity index (χ0v) is 16.9. The van der Waals surface area contributed by atoms with E-state index in [9.17, 15) is 14.9 Å². The number of carbonyl (C=O) groups is 1. The fourth-order valence-electron chi connectivity index (χ4n) is 3.70. The van der Waals surface area contributed by atoms with E-state index in [0.717, 1.165) is 5.56 Å². The predicted molar refractivity (Wildman–Crippen MR) is 109 cm³/mol. The number of esters is 1. The second-order valence-electron chi connectivity index (χ2n) is 6.92. The minimum atomic E-state index is -0.874. The molecule has 8 heteroatoms. The molecule has 152 valence electrons. The second kappa shape index (κ2) is 8.62. The van der Waals surface area contributed by atoms with E-state index >= 15 is 0 Å². The number of ether oxygens (including phenoxy) is 2. The number of hydrogen-bond donors (Lipinski definition) is 1. The smallest absolute Gasteiger partial charge is 0.315 e. The molecule has 0 spiro atoms. The molecule has 0 saturated heterocycles. The van der Waals surface area contributed by atoms with Gasteiger partial charge >= 0.3 is 5.97 Å². The minimum Gasteiger partial charge on any atom is -0.496 e. The second-order valence-corrected chi connectivity index (χ2v) is 6.92. The third-order valence-corrected chi connectivity index (χ3v) is 5.09. The van der Waals surface area contributed by atoms with Gasteiger partial charge in [-0.05, 0) is 31.5 Å². The lowest BCUT2D eigenvalue weighted by molar-refractivity contribution is -0.146. The van der Waals surface area contributed by atoms with Crippen LogP contribution in [0.25, 0.3) is 0 Å². The molecule has 2 atom stereocenters. The highest BCUT2D eigenvalue weighted by Crippen LogP contribution is 2.45. The quantitative estimate of drug-likeness (QED) is 0.603. The number of benzene rings is 1. The van der Waals surface area contributed by atoms with Crippen molar-refractivity contribution >= 4 is 17.4 Å². The summed E-state index contributed by atoms with van der Waals surface area (Å²) in [4.78, 5) is 33.1. The van der Waals surface area contributed by atoms with Crippen molar-refractivity contribution in [3.05, 3.63) is 57.0 Å². The van der Waals surface area contributed by atoms with Crippen LogP contribution in [0.2, 0.25) is 0 Å². The molecule has 1 N–H and O–H groups in total. The Morgan fingerprint density at radius 1 is 1.30 bits per heavy atom. The third-order valence-electron chi connectivity index (χ3n) is 5.09. The molecule has 2 heterocycles. The summed E-state index contributed by atoms with van der Waals surface area (Å²) in [6, 6.07) is 8.85. The van der Waals surface area contributed by atoms with Crippen LogP contribution in [-0.2, 0) is 9.53 Å². The van der Waals surface area contributed by atoms with Crippen molar-refractivity contribution in [3.63, 3.8) is 0 Å². The molecule has 30 heavy (non-hydrogen) atoms. The van der Waals surface area contributed by atoms with Gasteiger partial charge in [-0.2, -0.15) is 10.5 Å². The summed E-state index contributed by atoms with van der Waals surface area (Å²) in [6.45, 7) is 3.49. The Morgan fingerprint density at radius 3 is 2.73 bits per heavy atom.